The number of rotatable bonds is 3. The van der Waals surface area contributed by atoms with Gasteiger partial charge >= 0.3 is 0 Å². The van der Waals surface area contributed by atoms with Gasteiger partial charge in [0.25, 0.3) is 0 Å². The zero-order chi connectivity index (χ0) is 15.0. The first-order valence-electron chi connectivity index (χ1n) is 6.60. The molecule has 0 unspecified atom stereocenters. The Morgan fingerprint density at radius 3 is 2.43 bits per heavy atom. The Kier molecular flexibility index (Phi) is 3.57. The van der Waals surface area contributed by atoms with E-state index in [1.807, 2.05) is 42.5 Å². The fourth-order valence-electron chi connectivity index (χ4n) is 2.59. The molecule has 1 aliphatic heterocycles. The molecule has 1 heterocycles. The van der Waals surface area contributed by atoms with Gasteiger partial charge in [-0.3, -0.25) is 4.79 Å². The monoisotopic (exact) mass is 302 g/mol. The lowest BCUT2D eigenvalue weighted by atomic mass is 9.88. The van der Waals surface area contributed by atoms with E-state index in [9.17, 15) is 4.79 Å². The lowest BCUT2D eigenvalue weighted by Crippen LogP contribution is -2.63. The molecular weight excluding hydrogens is 288 g/mol. The molecule has 0 saturated carbocycles. The number of anilines is 1. The number of carbonyl (C=O) groups is 1. The van der Waals surface area contributed by atoms with Crippen molar-refractivity contribution in [3.8, 4) is 5.75 Å². The number of nitrogens with two attached hydrogens (primary N) is 1. The highest BCUT2D eigenvalue weighted by molar-refractivity contribution is 6.31. The van der Waals surface area contributed by atoms with Crippen LogP contribution in [-0.2, 0) is 4.79 Å². The number of benzene rings is 2. The van der Waals surface area contributed by atoms with Gasteiger partial charge in [0.2, 0.25) is 5.91 Å². The Morgan fingerprint density at radius 1 is 1.14 bits per heavy atom. The maximum absolute atomic E-state index is 12.1. The number of carbonyl (C=O) groups excluding carboxylic acids is 1. The summed E-state index contributed by atoms with van der Waals surface area (Å²) >= 11 is 6.23. The summed E-state index contributed by atoms with van der Waals surface area (Å²) in [4.78, 5) is 13.8. The lowest BCUT2D eigenvalue weighted by Gasteiger charge is -2.45. The minimum atomic E-state index is -0.563. The SMILES string of the molecule is COc1ccc(N2C(=O)[C@H](N)[C@@H]2c2ccccc2Cl)cc1. The van der Waals surface area contributed by atoms with Crippen LogP contribution in [-0.4, -0.2) is 19.1 Å². The van der Waals surface area contributed by atoms with Gasteiger partial charge < -0.3 is 15.4 Å². The molecule has 1 amide bonds. The fraction of sp³-hybridized carbons (Fsp3) is 0.188. The van der Waals surface area contributed by atoms with Gasteiger partial charge in [0.05, 0.1) is 13.2 Å². The molecule has 0 spiro atoms. The Hall–Kier alpha value is -2.04. The molecule has 3 rings (SSSR count). The van der Waals surface area contributed by atoms with E-state index in [4.69, 9.17) is 22.1 Å². The second-order valence-electron chi connectivity index (χ2n) is 4.90. The lowest BCUT2D eigenvalue weighted by molar-refractivity contribution is -0.126. The van der Waals surface area contributed by atoms with Crippen LogP contribution in [0.3, 0.4) is 0 Å². The number of amides is 1. The second-order valence-corrected chi connectivity index (χ2v) is 5.31. The first kappa shape index (κ1) is 13.9. The first-order chi connectivity index (χ1) is 10.1. The molecule has 108 valence electrons. The van der Waals surface area contributed by atoms with E-state index in [1.54, 1.807) is 18.1 Å². The zero-order valence-electron chi connectivity index (χ0n) is 11.5. The molecule has 21 heavy (non-hydrogen) atoms. The zero-order valence-corrected chi connectivity index (χ0v) is 12.2. The van der Waals surface area contributed by atoms with Crippen LogP contribution in [0.5, 0.6) is 5.75 Å². The Balaban J connectivity index is 1.96. The van der Waals surface area contributed by atoms with E-state index in [2.05, 4.69) is 0 Å². The Morgan fingerprint density at radius 2 is 1.81 bits per heavy atom. The van der Waals surface area contributed by atoms with E-state index in [0.29, 0.717) is 5.02 Å². The summed E-state index contributed by atoms with van der Waals surface area (Å²) in [5.41, 5.74) is 7.62. The van der Waals surface area contributed by atoms with Crippen molar-refractivity contribution in [2.24, 2.45) is 5.73 Å². The van der Waals surface area contributed by atoms with E-state index in [1.165, 1.54) is 0 Å². The average Bonchev–Trinajstić information content (AvgIpc) is 2.53. The van der Waals surface area contributed by atoms with Gasteiger partial charge in [-0.15, -0.1) is 0 Å². The molecule has 0 aliphatic carbocycles. The number of β-lactam (4-membered cyclic amide) rings is 1. The maximum atomic E-state index is 12.1. The van der Waals surface area contributed by atoms with E-state index in [0.717, 1.165) is 17.0 Å². The highest BCUT2D eigenvalue weighted by Crippen LogP contribution is 2.40. The third-order valence-corrected chi connectivity index (χ3v) is 4.06. The van der Waals surface area contributed by atoms with Crippen LogP contribution in [0.4, 0.5) is 5.69 Å². The van der Waals surface area contributed by atoms with Crippen LogP contribution >= 0.6 is 11.6 Å². The summed E-state index contributed by atoms with van der Waals surface area (Å²) in [6.45, 7) is 0. The molecule has 0 aromatic heterocycles. The third-order valence-electron chi connectivity index (χ3n) is 3.72. The molecular formula is C16H15ClN2O2. The van der Waals surface area contributed by atoms with Crippen molar-refractivity contribution < 1.29 is 9.53 Å². The molecule has 2 aromatic rings. The maximum Gasteiger partial charge on any atom is 0.247 e. The van der Waals surface area contributed by atoms with E-state index in [-0.39, 0.29) is 11.9 Å². The molecule has 0 bridgehead atoms. The molecule has 2 N–H and O–H groups in total. The molecule has 1 aliphatic rings. The van der Waals surface area contributed by atoms with Gasteiger partial charge in [-0.25, -0.2) is 0 Å². The van der Waals surface area contributed by atoms with Crippen LogP contribution in [0, 0.1) is 0 Å². The summed E-state index contributed by atoms with van der Waals surface area (Å²) < 4.78 is 5.13. The smallest absolute Gasteiger partial charge is 0.247 e. The largest absolute Gasteiger partial charge is 0.497 e. The number of hydrogen-bond acceptors (Lipinski definition) is 3. The van der Waals surface area contributed by atoms with Crippen LogP contribution in [0.2, 0.25) is 5.02 Å². The van der Waals surface area contributed by atoms with Crippen molar-refractivity contribution in [1.82, 2.24) is 0 Å². The van der Waals surface area contributed by atoms with Crippen LogP contribution in [0.15, 0.2) is 48.5 Å². The van der Waals surface area contributed by atoms with E-state index < -0.39 is 6.04 Å². The predicted molar refractivity (Wildman–Crippen MR) is 82.6 cm³/mol. The second kappa shape index (κ2) is 5.39. The normalized spacial score (nSPS) is 21.1. The van der Waals surface area contributed by atoms with Crippen LogP contribution in [0.1, 0.15) is 11.6 Å². The van der Waals surface area contributed by atoms with Crippen molar-refractivity contribution in [1.29, 1.82) is 0 Å². The van der Waals surface area contributed by atoms with Crippen molar-refractivity contribution in [2.45, 2.75) is 12.1 Å². The highest BCUT2D eigenvalue weighted by atomic mass is 35.5. The summed E-state index contributed by atoms with van der Waals surface area (Å²) in [5, 5.41) is 0.615. The molecule has 1 fully saturated rings. The van der Waals surface area contributed by atoms with Crippen molar-refractivity contribution >= 4 is 23.2 Å². The van der Waals surface area contributed by atoms with Crippen molar-refractivity contribution in [3.63, 3.8) is 0 Å². The van der Waals surface area contributed by atoms with Gasteiger partial charge in [-0.05, 0) is 35.9 Å². The Labute approximate surface area is 128 Å². The highest BCUT2D eigenvalue weighted by Gasteiger charge is 2.47. The molecule has 0 radical (unpaired) electrons. The number of nitrogens with zero attached hydrogens (tertiary/aromatic N) is 1. The third kappa shape index (κ3) is 2.26. The molecule has 2 atom stereocenters. The standard InChI is InChI=1S/C16H15ClN2O2/c1-21-11-8-6-10(7-9-11)19-15(14(18)16(19)20)12-4-2-3-5-13(12)17/h2-9,14-15H,18H2,1H3/t14-,15+/m1/s1. The predicted octanol–water partition coefficient (Wildman–Crippen LogP) is 2.76. The number of ether oxygens (including phenoxy) is 1. The number of methoxy groups -OCH3 is 1. The van der Waals surface area contributed by atoms with Gasteiger partial charge in [0.1, 0.15) is 11.8 Å². The van der Waals surface area contributed by atoms with Gasteiger partial charge in [0.15, 0.2) is 0 Å². The average molecular weight is 303 g/mol. The van der Waals surface area contributed by atoms with Crippen LogP contribution < -0.4 is 15.4 Å². The van der Waals surface area contributed by atoms with Gasteiger partial charge in [-0.2, -0.15) is 0 Å². The molecule has 4 nitrogen and oxygen atoms in total. The quantitative estimate of drug-likeness (QED) is 0.887. The summed E-state index contributed by atoms with van der Waals surface area (Å²) in [6, 6.07) is 14.0. The fourth-order valence-corrected chi connectivity index (χ4v) is 2.84. The van der Waals surface area contributed by atoms with Gasteiger partial charge in [-0.1, -0.05) is 29.8 Å². The van der Waals surface area contributed by atoms with Crippen molar-refractivity contribution in [3.05, 3.63) is 59.1 Å². The summed E-state index contributed by atoms with van der Waals surface area (Å²) in [7, 11) is 1.60. The summed E-state index contributed by atoms with van der Waals surface area (Å²) in [5.74, 6) is 0.635. The number of hydrogen-bond donors (Lipinski definition) is 1. The Bertz CT molecular complexity index is 672. The molecule has 1 saturated heterocycles. The van der Waals surface area contributed by atoms with Crippen LogP contribution in [0.25, 0.3) is 0 Å². The molecule has 5 heteroatoms. The van der Waals surface area contributed by atoms with Crippen molar-refractivity contribution in [2.75, 3.05) is 12.0 Å². The topological polar surface area (TPSA) is 55.6 Å². The number of halogens is 1. The van der Waals surface area contributed by atoms with E-state index >= 15 is 0 Å². The van der Waals surface area contributed by atoms with Gasteiger partial charge in [0, 0.05) is 10.7 Å². The minimum Gasteiger partial charge on any atom is -0.497 e. The summed E-state index contributed by atoms with van der Waals surface area (Å²) in [6.07, 6.45) is 0. The minimum absolute atomic E-state index is 0.106. The molecule has 2 aromatic carbocycles. The first-order valence-corrected chi connectivity index (χ1v) is 6.98.